The number of ether oxygens (including phenoxy) is 1. The molecular formula is C13H8BrFN2O2. The molecule has 1 aromatic heterocycles. The topological polar surface area (TPSA) is 61.3 Å². The van der Waals surface area contributed by atoms with Crippen molar-refractivity contribution in [2.75, 3.05) is 5.73 Å². The minimum atomic E-state index is -0.472. The van der Waals surface area contributed by atoms with Gasteiger partial charge in [0, 0.05) is 6.07 Å². The minimum Gasteiger partial charge on any atom is -0.409 e. The predicted molar refractivity (Wildman–Crippen MR) is 72.6 cm³/mol. The molecule has 0 aliphatic rings. The third-order valence-electron chi connectivity index (χ3n) is 2.52. The average Bonchev–Trinajstić information content (AvgIpc) is 2.78. The fourth-order valence-corrected chi connectivity index (χ4v) is 1.98. The lowest BCUT2D eigenvalue weighted by atomic mass is 10.3. The van der Waals surface area contributed by atoms with Crippen molar-refractivity contribution in [2.45, 2.75) is 0 Å². The van der Waals surface area contributed by atoms with Crippen LogP contribution in [0.15, 0.2) is 45.3 Å². The van der Waals surface area contributed by atoms with Crippen molar-refractivity contribution in [3.8, 4) is 11.8 Å². The minimum absolute atomic E-state index is 0.0228. The van der Waals surface area contributed by atoms with Crippen molar-refractivity contribution < 1.29 is 13.5 Å². The summed E-state index contributed by atoms with van der Waals surface area (Å²) < 4.78 is 24.4. The summed E-state index contributed by atoms with van der Waals surface area (Å²) in [6.45, 7) is 0. The van der Waals surface area contributed by atoms with Crippen LogP contribution in [-0.2, 0) is 0 Å². The van der Waals surface area contributed by atoms with Crippen LogP contribution < -0.4 is 10.5 Å². The molecule has 0 amide bonds. The van der Waals surface area contributed by atoms with Crippen LogP contribution in [-0.4, -0.2) is 4.98 Å². The van der Waals surface area contributed by atoms with E-state index in [1.807, 2.05) is 12.1 Å². The van der Waals surface area contributed by atoms with E-state index in [1.54, 1.807) is 12.1 Å². The molecule has 1 heterocycles. The molecular weight excluding hydrogens is 315 g/mol. The van der Waals surface area contributed by atoms with Crippen LogP contribution in [0.25, 0.3) is 11.1 Å². The zero-order valence-electron chi connectivity index (χ0n) is 9.56. The highest BCUT2D eigenvalue weighted by molar-refractivity contribution is 9.10. The van der Waals surface area contributed by atoms with Gasteiger partial charge in [-0.2, -0.15) is 4.98 Å². The van der Waals surface area contributed by atoms with Gasteiger partial charge in [-0.15, -0.1) is 0 Å². The lowest BCUT2D eigenvalue weighted by molar-refractivity contribution is 0.343. The van der Waals surface area contributed by atoms with Gasteiger partial charge in [-0.05, 0) is 34.1 Å². The SMILES string of the molecule is Nc1cc(Br)c(F)cc1Oc1nc2ccccc2o1. The van der Waals surface area contributed by atoms with Gasteiger partial charge >= 0.3 is 6.08 Å². The predicted octanol–water partition coefficient (Wildman–Crippen LogP) is 4.10. The highest BCUT2D eigenvalue weighted by atomic mass is 79.9. The van der Waals surface area contributed by atoms with Crippen LogP contribution in [0.2, 0.25) is 0 Å². The smallest absolute Gasteiger partial charge is 0.400 e. The maximum absolute atomic E-state index is 13.4. The Labute approximate surface area is 116 Å². The van der Waals surface area contributed by atoms with Crippen molar-refractivity contribution in [3.63, 3.8) is 0 Å². The van der Waals surface area contributed by atoms with Crippen LogP contribution in [0.3, 0.4) is 0 Å². The molecule has 0 bridgehead atoms. The molecule has 0 radical (unpaired) electrons. The molecule has 4 nitrogen and oxygen atoms in total. The number of rotatable bonds is 2. The molecule has 0 aliphatic heterocycles. The van der Waals surface area contributed by atoms with Gasteiger partial charge in [0.05, 0.1) is 10.2 Å². The van der Waals surface area contributed by atoms with E-state index in [0.29, 0.717) is 11.1 Å². The van der Waals surface area contributed by atoms with E-state index in [0.717, 1.165) is 0 Å². The first-order chi connectivity index (χ1) is 9.13. The molecule has 6 heteroatoms. The molecule has 3 aromatic rings. The van der Waals surface area contributed by atoms with Gasteiger partial charge in [0.1, 0.15) is 11.3 Å². The summed E-state index contributed by atoms with van der Waals surface area (Å²) in [5.74, 6) is -0.312. The average molecular weight is 323 g/mol. The number of benzene rings is 2. The van der Waals surface area contributed by atoms with E-state index in [9.17, 15) is 4.39 Å². The monoisotopic (exact) mass is 322 g/mol. The number of nitrogens with zero attached hydrogens (tertiary/aromatic N) is 1. The fraction of sp³-hybridized carbons (Fsp3) is 0. The number of nitrogen functional groups attached to an aromatic ring is 1. The number of anilines is 1. The van der Waals surface area contributed by atoms with Crippen molar-refractivity contribution in [1.82, 2.24) is 4.98 Å². The Balaban J connectivity index is 1.98. The summed E-state index contributed by atoms with van der Waals surface area (Å²) >= 11 is 3.04. The fourth-order valence-electron chi connectivity index (χ4n) is 1.62. The number of aromatic nitrogens is 1. The van der Waals surface area contributed by atoms with E-state index in [4.69, 9.17) is 14.9 Å². The van der Waals surface area contributed by atoms with Gasteiger partial charge in [0.15, 0.2) is 11.3 Å². The van der Waals surface area contributed by atoms with Crippen LogP contribution in [0, 0.1) is 5.82 Å². The Bertz CT molecular complexity index is 724. The molecule has 0 aliphatic carbocycles. The Morgan fingerprint density at radius 3 is 2.84 bits per heavy atom. The molecule has 0 saturated carbocycles. The van der Waals surface area contributed by atoms with Gasteiger partial charge < -0.3 is 14.9 Å². The third-order valence-corrected chi connectivity index (χ3v) is 3.13. The third kappa shape index (κ3) is 2.26. The van der Waals surface area contributed by atoms with E-state index in [1.165, 1.54) is 12.1 Å². The summed E-state index contributed by atoms with van der Waals surface area (Å²) in [4.78, 5) is 4.12. The first kappa shape index (κ1) is 12.0. The number of hydrogen-bond acceptors (Lipinski definition) is 4. The van der Waals surface area contributed by atoms with Crippen molar-refractivity contribution >= 4 is 32.7 Å². The van der Waals surface area contributed by atoms with Gasteiger partial charge in [-0.25, -0.2) is 4.39 Å². The van der Waals surface area contributed by atoms with Crippen LogP contribution in [0.1, 0.15) is 0 Å². The molecule has 0 unspecified atom stereocenters. The molecule has 0 atom stereocenters. The first-order valence-corrected chi connectivity index (χ1v) is 6.21. The zero-order valence-corrected chi connectivity index (χ0v) is 11.1. The Morgan fingerprint density at radius 2 is 2.05 bits per heavy atom. The van der Waals surface area contributed by atoms with Crippen molar-refractivity contribution in [1.29, 1.82) is 0 Å². The van der Waals surface area contributed by atoms with Crippen LogP contribution >= 0.6 is 15.9 Å². The van der Waals surface area contributed by atoms with E-state index in [2.05, 4.69) is 20.9 Å². The molecule has 2 aromatic carbocycles. The second-order valence-corrected chi connectivity index (χ2v) is 4.71. The van der Waals surface area contributed by atoms with Gasteiger partial charge in [0.25, 0.3) is 0 Å². The number of hydrogen-bond donors (Lipinski definition) is 1. The number of fused-ring (bicyclic) bond motifs is 1. The maximum Gasteiger partial charge on any atom is 0.400 e. The Morgan fingerprint density at radius 1 is 1.26 bits per heavy atom. The number of nitrogens with two attached hydrogens (primary N) is 1. The normalized spacial score (nSPS) is 10.8. The largest absolute Gasteiger partial charge is 0.409 e. The molecule has 3 rings (SSSR count). The van der Waals surface area contributed by atoms with E-state index < -0.39 is 5.82 Å². The zero-order chi connectivity index (χ0) is 13.4. The van der Waals surface area contributed by atoms with Gasteiger partial charge in [-0.3, -0.25) is 0 Å². The standard InChI is InChI=1S/C13H8BrFN2O2/c14-7-5-9(16)12(6-8(7)15)19-13-17-10-3-1-2-4-11(10)18-13/h1-6H,16H2. The summed E-state index contributed by atoms with van der Waals surface area (Å²) in [7, 11) is 0. The highest BCUT2D eigenvalue weighted by Crippen LogP contribution is 2.32. The molecule has 0 saturated heterocycles. The number of oxazole rings is 1. The first-order valence-electron chi connectivity index (χ1n) is 5.41. The van der Waals surface area contributed by atoms with Crippen molar-refractivity contribution in [2.24, 2.45) is 0 Å². The second kappa shape index (κ2) is 4.55. The summed E-state index contributed by atoms with van der Waals surface area (Å²) in [6.07, 6.45) is 0.0228. The van der Waals surface area contributed by atoms with Gasteiger partial charge in [0.2, 0.25) is 0 Å². The molecule has 96 valence electrons. The van der Waals surface area contributed by atoms with Gasteiger partial charge in [-0.1, -0.05) is 12.1 Å². The maximum atomic E-state index is 13.4. The second-order valence-electron chi connectivity index (χ2n) is 3.85. The number of para-hydroxylation sites is 2. The number of halogens is 2. The lowest BCUT2D eigenvalue weighted by Gasteiger charge is -2.05. The Hall–Kier alpha value is -2.08. The molecule has 0 spiro atoms. The van der Waals surface area contributed by atoms with E-state index >= 15 is 0 Å². The Kier molecular flexibility index (Phi) is 2.87. The quantitative estimate of drug-likeness (QED) is 0.721. The molecule has 19 heavy (non-hydrogen) atoms. The molecule has 2 N–H and O–H groups in total. The van der Waals surface area contributed by atoms with Crippen molar-refractivity contribution in [3.05, 3.63) is 46.7 Å². The highest BCUT2D eigenvalue weighted by Gasteiger charge is 2.12. The van der Waals surface area contributed by atoms with Crippen LogP contribution in [0.4, 0.5) is 10.1 Å². The van der Waals surface area contributed by atoms with E-state index in [-0.39, 0.29) is 22.0 Å². The lowest BCUT2D eigenvalue weighted by Crippen LogP contribution is -1.94. The summed E-state index contributed by atoms with van der Waals surface area (Å²) in [6, 6.07) is 9.81. The summed E-state index contributed by atoms with van der Waals surface area (Å²) in [5, 5.41) is 0. The summed E-state index contributed by atoms with van der Waals surface area (Å²) in [5.41, 5.74) is 7.28. The molecule has 0 fully saturated rings. The van der Waals surface area contributed by atoms with Crippen LogP contribution in [0.5, 0.6) is 11.8 Å².